The van der Waals surface area contributed by atoms with E-state index in [0.717, 1.165) is 28.4 Å². The van der Waals surface area contributed by atoms with Crippen molar-refractivity contribution in [3.8, 4) is 0 Å². The highest BCUT2D eigenvalue weighted by Crippen LogP contribution is 2.39. The molecule has 0 aromatic heterocycles. The first-order valence-corrected chi connectivity index (χ1v) is 6.35. The molecule has 0 spiro atoms. The van der Waals surface area contributed by atoms with Crippen LogP contribution in [0.5, 0.6) is 0 Å². The average Bonchev–Trinajstić information content (AvgIpc) is 2.27. The van der Waals surface area contributed by atoms with E-state index in [2.05, 4.69) is 0 Å². The monoisotopic (exact) mass is 298 g/mol. The van der Waals surface area contributed by atoms with Crippen molar-refractivity contribution in [2.24, 2.45) is 0 Å². The van der Waals surface area contributed by atoms with Crippen LogP contribution in [0.15, 0.2) is 0 Å². The van der Waals surface area contributed by atoms with Crippen molar-refractivity contribution in [2.75, 3.05) is 0 Å². The van der Waals surface area contributed by atoms with Crippen molar-refractivity contribution in [2.45, 2.75) is 51.6 Å². The van der Waals surface area contributed by atoms with Crippen LogP contribution in [0.1, 0.15) is 46.0 Å². The summed E-state index contributed by atoms with van der Waals surface area (Å²) in [7, 11) is 0. The largest absolute Gasteiger partial charge is 0.331 e. The van der Waals surface area contributed by atoms with Gasteiger partial charge in [-0.15, -0.1) is 3.94 Å². The normalized spacial score (nSPS) is 18.8. The van der Waals surface area contributed by atoms with Crippen LogP contribution in [0.4, 0.5) is 0 Å². The molecule has 18 heavy (non-hydrogen) atoms. The van der Waals surface area contributed by atoms with E-state index in [9.17, 15) is 9.59 Å². The van der Waals surface area contributed by atoms with Crippen molar-refractivity contribution in [3.05, 3.63) is 0 Å². The van der Waals surface area contributed by atoms with E-state index in [1.165, 1.54) is 13.8 Å². The van der Waals surface area contributed by atoms with E-state index in [1.807, 2.05) is 0 Å². The minimum Gasteiger partial charge on any atom is -0.331 e. The van der Waals surface area contributed by atoms with Gasteiger partial charge in [-0.2, -0.15) is 0 Å². The maximum absolute atomic E-state index is 11.1. The van der Waals surface area contributed by atoms with Crippen molar-refractivity contribution < 1.29 is 19.3 Å². The molecule has 1 saturated carbocycles. The highest BCUT2D eigenvalue weighted by Gasteiger charge is 2.48. The molecule has 0 radical (unpaired) electrons. The zero-order valence-electron chi connectivity index (χ0n) is 10.3. The van der Waals surface area contributed by atoms with E-state index in [0.29, 0.717) is 12.8 Å². The van der Waals surface area contributed by atoms with Crippen molar-refractivity contribution >= 4 is 35.5 Å². The fourth-order valence-electron chi connectivity index (χ4n) is 1.95. The maximum Gasteiger partial charge on any atom is 0.326 e. The third kappa shape index (κ3) is 3.71. The number of nitrogens with zero attached hydrogens (tertiary/aromatic N) is 2. The zero-order chi connectivity index (χ0) is 13.8. The van der Waals surface area contributed by atoms with Gasteiger partial charge in [0.2, 0.25) is 0 Å². The molecular formula is C10H16Cl2N2O4. The molecular weight excluding hydrogens is 283 g/mol. The fourth-order valence-corrected chi connectivity index (χ4v) is 2.41. The van der Waals surface area contributed by atoms with E-state index in [4.69, 9.17) is 33.2 Å². The summed E-state index contributed by atoms with van der Waals surface area (Å²) in [5.74, 6) is -1.23. The predicted molar refractivity (Wildman–Crippen MR) is 64.7 cm³/mol. The van der Waals surface area contributed by atoms with Crippen LogP contribution in [0.3, 0.4) is 0 Å². The second-order valence-electron chi connectivity index (χ2n) is 4.20. The second-order valence-corrected chi connectivity index (χ2v) is 5.05. The standard InChI is InChI=1S/C10H16Cl2N2O4/c1-8(15)17-14(18-9(2)16)10(13(11)12)6-4-3-5-7-10/h3-7H2,1-2H3. The van der Waals surface area contributed by atoms with E-state index >= 15 is 0 Å². The summed E-state index contributed by atoms with van der Waals surface area (Å²) in [5.41, 5.74) is -1.03. The number of hydroxylamine groups is 2. The first-order valence-electron chi connectivity index (χ1n) is 5.67. The molecule has 1 aliphatic carbocycles. The predicted octanol–water partition coefficient (Wildman–Crippen LogP) is 2.51. The number of carbonyl (C=O) groups excluding carboxylic acids is 2. The lowest BCUT2D eigenvalue weighted by atomic mass is 9.90. The molecule has 0 saturated heterocycles. The molecule has 0 bridgehead atoms. The molecule has 104 valence electrons. The van der Waals surface area contributed by atoms with Gasteiger partial charge in [-0.1, -0.05) is 6.42 Å². The van der Waals surface area contributed by atoms with Gasteiger partial charge >= 0.3 is 11.9 Å². The minimum absolute atomic E-state index is 0.528. The summed E-state index contributed by atoms with van der Waals surface area (Å²) in [4.78, 5) is 32.0. The fraction of sp³-hybridized carbons (Fsp3) is 0.800. The molecule has 0 aromatic rings. The molecule has 0 atom stereocenters. The number of rotatable bonds is 4. The smallest absolute Gasteiger partial charge is 0.326 e. The lowest BCUT2D eigenvalue weighted by molar-refractivity contribution is -0.385. The molecule has 0 unspecified atom stereocenters. The minimum atomic E-state index is -1.03. The molecule has 0 heterocycles. The second kappa shape index (κ2) is 6.56. The number of carbonyl (C=O) groups is 2. The third-order valence-corrected chi connectivity index (χ3v) is 3.36. The van der Waals surface area contributed by atoms with Gasteiger partial charge in [0.15, 0.2) is 5.66 Å². The Hall–Kier alpha value is -0.560. The number of halogens is 2. The Bertz CT molecular complexity index is 303. The van der Waals surface area contributed by atoms with Crippen LogP contribution in [0.25, 0.3) is 0 Å². The highest BCUT2D eigenvalue weighted by molar-refractivity contribution is 6.34. The SMILES string of the molecule is CC(=O)ON(OC(C)=O)C1(N(Cl)Cl)CCCCC1. The first-order chi connectivity index (χ1) is 8.38. The molecule has 1 fully saturated rings. The quantitative estimate of drug-likeness (QED) is 0.451. The van der Waals surface area contributed by atoms with Gasteiger partial charge < -0.3 is 9.68 Å². The molecule has 0 N–H and O–H groups in total. The van der Waals surface area contributed by atoms with Crippen molar-refractivity contribution in [3.63, 3.8) is 0 Å². The molecule has 6 nitrogen and oxygen atoms in total. The average molecular weight is 299 g/mol. The Morgan fingerprint density at radius 3 is 1.78 bits per heavy atom. The van der Waals surface area contributed by atoms with Crippen LogP contribution in [-0.4, -0.2) is 26.8 Å². The van der Waals surface area contributed by atoms with Gasteiger partial charge in [0.1, 0.15) is 0 Å². The van der Waals surface area contributed by atoms with Gasteiger partial charge in [0.25, 0.3) is 0 Å². The van der Waals surface area contributed by atoms with E-state index < -0.39 is 17.6 Å². The Morgan fingerprint density at radius 2 is 1.44 bits per heavy atom. The summed E-state index contributed by atoms with van der Waals surface area (Å²) in [6.45, 7) is 2.42. The van der Waals surface area contributed by atoms with Crippen LogP contribution >= 0.6 is 23.6 Å². The maximum atomic E-state index is 11.1. The van der Waals surface area contributed by atoms with Crippen molar-refractivity contribution in [1.82, 2.24) is 9.16 Å². The third-order valence-electron chi connectivity index (χ3n) is 2.73. The van der Waals surface area contributed by atoms with E-state index in [-0.39, 0.29) is 0 Å². The highest BCUT2D eigenvalue weighted by atomic mass is 35.5. The Morgan fingerprint density at radius 1 is 1.00 bits per heavy atom. The van der Waals surface area contributed by atoms with Crippen LogP contribution in [-0.2, 0) is 19.3 Å². The van der Waals surface area contributed by atoms with Gasteiger partial charge in [0, 0.05) is 13.8 Å². The van der Waals surface area contributed by atoms with Gasteiger partial charge in [-0.25, -0.2) is 0 Å². The lowest BCUT2D eigenvalue weighted by Crippen LogP contribution is -2.56. The Balaban J connectivity index is 2.95. The molecule has 1 rings (SSSR count). The topological polar surface area (TPSA) is 59.1 Å². The van der Waals surface area contributed by atoms with Gasteiger partial charge in [-0.05, 0) is 49.2 Å². The van der Waals surface area contributed by atoms with E-state index in [1.54, 1.807) is 0 Å². The summed E-state index contributed by atoms with van der Waals surface area (Å²) in [6.07, 6.45) is 3.77. The van der Waals surface area contributed by atoms with Crippen LogP contribution in [0.2, 0.25) is 0 Å². The van der Waals surface area contributed by atoms with Crippen LogP contribution in [0, 0.1) is 0 Å². The summed E-state index contributed by atoms with van der Waals surface area (Å²) >= 11 is 11.7. The molecule has 0 amide bonds. The molecule has 8 heteroatoms. The van der Waals surface area contributed by atoms with Gasteiger partial charge in [0.05, 0.1) is 5.23 Å². The zero-order valence-corrected chi connectivity index (χ0v) is 11.8. The van der Waals surface area contributed by atoms with Crippen LogP contribution < -0.4 is 0 Å². The lowest BCUT2D eigenvalue weighted by Gasteiger charge is -2.42. The Kier molecular flexibility index (Phi) is 5.65. The number of hydrogen-bond acceptors (Lipinski definition) is 6. The molecule has 0 aromatic carbocycles. The molecule has 1 aliphatic rings. The van der Waals surface area contributed by atoms with Gasteiger partial charge in [-0.3, -0.25) is 9.59 Å². The number of hydrogen-bond donors (Lipinski definition) is 0. The summed E-state index contributed by atoms with van der Waals surface area (Å²) in [6, 6.07) is 0. The Labute approximate surface area is 116 Å². The summed E-state index contributed by atoms with van der Waals surface area (Å²) in [5, 5.41) is 0.816. The molecule has 0 aliphatic heterocycles. The first kappa shape index (κ1) is 15.5. The summed E-state index contributed by atoms with van der Waals surface area (Å²) < 4.78 is 0.887. The van der Waals surface area contributed by atoms with Crippen molar-refractivity contribution in [1.29, 1.82) is 0 Å².